The maximum absolute atomic E-state index is 14.1. The number of hydrogen-bond donors (Lipinski definition) is 0. The standard InChI is InChI=1S/C12H13BF2IN2O2/c1-20-11-10(16)4-8(5-17-11)9-6-18(13-7-19)3-2-12(9,14)15/h4-5,7,9H,2-3,6H2,1H3. The molecule has 20 heavy (non-hydrogen) atoms. The van der Waals surface area contributed by atoms with Crippen LogP contribution in [-0.2, 0) is 4.79 Å². The fourth-order valence-corrected chi connectivity index (χ4v) is 3.00. The molecule has 8 heteroatoms. The molecule has 1 atom stereocenters. The molecule has 0 saturated carbocycles. The predicted molar refractivity (Wildman–Crippen MR) is 79.9 cm³/mol. The lowest BCUT2D eigenvalue weighted by atomic mass is 9.82. The summed E-state index contributed by atoms with van der Waals surface area (Å²) >= 11 is 2.01. The number of nitrogens with zero attached hydrogens (tertiary/aromatic N) is 2. The minimum Gasteiger partial charge on any atom is -0.480 e. The Hall–Kier alpha value is -0.765. The number of halogens is 3. The Bertz CT molecular complexity index is 504. The lowest BCUT2D eigenvalue weighted by Crippen LogP contribution is -2.47. The van der Waals surface area contributed by atoms with Gasteiger partial charge in [0.25, 0.3) is 13.3 Å². The minimum absolute atomic E-state index is 0.107. The van der Waals surface area contributed by atoms with E-state index >= 15 is 0 Å². The second-order valence-electron chi connectivity index (χ2n) is 4.60. The number of methoxy groups -OCH3 is 1. The van der Waals surface area contributed by atoms with Gasteiger partial charge in [-0.05, 0) is 47.3 Å². The summed E-state index contributed by atoms with van der Waals surface area (Å²) in [4.78, 5) is 16.2. The monoisotopic (exact) mass is 393 g/mol. The van der Waals surface area contributed by atoms with Crippen molar-refractivity contribution in [2.24, 2.45) is 0 Å². The Morgan fingerprint density at radius 3 is 3.00 bits per heavy atom. The van der Waals surface area contributed by atoms with Crippen molar-refractivity contribution in [3.05, 3.63) is 21.4 Å². The van der Waals surface area contributed by atoms with Crippen LogP contribution >= 0.6 is 22.6 Å². The number of carbonyl (C=O) groups is 1. The molecule has 0 N–H and O–H groups in total. The van der Waals surface area contributed by atoms with Gasteiger partial charge < -0.3 is 14.3 Å². The summed E-state index contributed by atoms with van der Waals surface area (Å²) in [5.74, 6) is -3.35. The van der Waals surface area contributed by atoms with Gasteiger partial charge in [0.2, 0.25) is 5.88 Å². The topological polar surface area (TPSA) is 42.4 Å². The van der Waals surface area contributed by atoms with Crippen LogP contribution in [0.5, 0.6) is 5.88 Å². The third kappa shape index (κ3) is 3.28. The Balaban J connectivity index is 2.27. The van der Waals surface area contributed by atoms with Crippen molar-refractivity contribution < 1.29 is 18.3 Å². The molecular weight excluding hydrogens is 380 g/mol. The normalized spacial score (nSPS) is 22.3. The van der Waals surface area contributed by atoms with Crippen LogP contribution in [0.25, 0.3) is 0 Å². The molecular formula is C12H13BF2IN2O2. The van der Waals surface area contributed by atoms with E-state index in [4.69, 9.17) is 4.74 Å². The van der Waals surface area contributed by atoms with Crippen molar-refractivity contribution in [1.29, 1.82) is 0 Å². The number of rotatable bonds is 4. The highest BCUT2D eigenvalue weighted by Crippen LogP contribution is 2.40. The van der Waals surface area contributed by atoms with Gasteiger partial charge in [-0.2, -0.15) is 0 Å². The van der Waals surface area contributed by atoms with Crippen molar-refractivity contribution in [3.63, 3.8) is 0 Å². The molecule has 0 bridgehead atoms. The Labute approximate surface area is 130 Å². The SMILES string of the molecule is COc1ncc(C2CN([B]C=O)CCC2(F)F)cc1I. The fraction of sp³-hybridized carbons (Fsp3) is 0.500. The molecule has 107 valence electrons. The van der Waals surface area contributed by atoms with Crippen LogP contribution in [-0.4, -0.2) is 49.5 Å². The molecule has 0 aromatic carbocycles. The highest BCUT2D eigenvalue weighted by Gasteiger charge is 2.44. The maximum atomic E-state index is 14.1. The van der Waals surface area contributed by atoms with Gasteiger partial charge >= 0.3 is 0 Å². The van der Waals surface area contributed by atoms with Crippen molar-refractivity contribution in [2.75, 3.05) is 20.2 Å². The molecule has 0 spiro atoms. The van der Waals surface area contributed by atoms with E-state index in [1.54, 1.807) is 10.9 Å². The zero-order chi connectivity index (χ0) is 14.8. The molecule has 1 fully saturated rings. The van der Waals surface area contributed by atoms with Gasteiger partial charge in [-0.1, -0.05) is 0 Å². The number of hydrogen-bond acceptors (Lipinski definition) is 4. The minimum atomic E-state index is -2.80. The molecule has 2 heterocycles. The first kappa shape index (κ1) is 15.6. The van der Waals surface area contributed by atoms with Crippen LogP contribution in [0, 0.1) is 3.57 Å². The summed E-state index contributed by atoms with van der Waals surface area (Å²) in [6, 6.07) is 1.66. The third-order valence-electron chi connectivity index (χ3n) is 3.36. The van der Waals surface area contributed by atoms with Crippen molar-refractivity contribution in [2.45, 2.75) is 18.3 Å². The molecule has 1 unspecified atom stereocenters. The van der Waals surface area contributed by atoms with Gasteiger partial charge in [0.1, 0.15) is 0 Å². The molecule has 4 nitrogen and oxygen atoms in total. The lowest BCUT2D eigenvalue weighted by Gasteiger charge is -2.37. The van der Waals surface area contributed by atoms with E-state index in [0.717, 1.165) is 0 Å². The van der Waals surface area contributed by atoms with Gasteiger partial charge in [0, 0.05) is 12.6 Å². The van der Waals surface area contributed by atoms with Crippen LogP contribution in [0.4, 0.5) is 8.78 Å². The van der Waals surface area contributed by atoms with Crippen LogP contribution < -0.4 is 4.74 Å². The fourth-order valence-electron chi connectivity index (χ4n) is 2.28. The van der Waals surface area contributed by atoms with E-state index in [9.17, 15) is 13.6 Å². The quantitative estimate of drug-likeness (QED) is 0.446. The number of carbonyl (C=O) groups excluding carboxylic acids is 1. The zero-order valence-electron chi connectivity index (χ0n) is 10.9. The molecule has 1 aromatic heterocycles. The second-order valence-corrected chi connectivity index (χ2v) is 5.77. The van der Waals surface area contributed by atoms with Crippen LogP contribution in [0.2, 0.25) is 0 Å². The largest absolute Gasteiger partial charge is 0.480 e. The number of alkyl halides is 2. The first-order valence-corrected chi connectivity index (χ1v) is 7.15. The summed E-state index contributed by atoms with van der Waals surface area (Å²) in [5, 5.41) is 0. The Morgan fingerprint density at radius 1 is 1.65 bits per heavy atom. The average molecular weight is 393 g/mol. The van der Waals surface area contributed by atoms with E-state index < -0.39 is 11.8 Å². The van der Waals surface area contributed by atoms with Crippen molar-refractivity contribution in [3.8, 4) is 5.88 Å². The summed E-state index contributed by atoms with van der Waals surface area (Å²) in [6.45, 7) is 0.290. The van der Waals surface area contributed by atoms with E-state index in [0.29, 0.717) is 21.2 Å². The molecule has 0 aliphatic carbocycles. The molecule has 2 rings (SSSR count). The molecule has 1 radical (unpaired) electrons. The smallest absolute Gasteiger partial charge is 0.293 e. The van der Waals surface area contributed by atoms with Crippen LogP contribution in [0.3, 0.4) is 0 Å². The van der Waals surface area contributed by atoms with E-state index in [-0.39, 0.29) is 19.5 Å². The lowest BCUT2D eigenvalue weighted by molar-refractivity contribution is -0.0625. The molecule has 1 aromatic rings. The number of piperidine rings is 1. The second kappa shape index (κ2) is 6.34. The van der Waals surface area contributed by atoms with Gasteiger partial charge in [0.15, 0.2) is 0 Å². The average Bonchev–Trinajstić information content (AvgIpc) is 2.41. The van der Waals surface area contributed by atoms with Gasteiger partial charge in [-0.15, -0.1) is 0 Å². The highest BCUT2D eigenvalue weighted by atomic mass is 127. The Morgan fingerprint density at radius 2 is 2.40 bits per heavy atom. The van der Waals surface area contributed by atoms with E-state index in [2.05, 4.69) is 4.98 Å². The summed E-state index contributed by atoms with van der Waals surface area (Å²) < 4.78 is 33.9. The third-order valence-corrected chi connectivity index (χ3v) is 4.13. The first-order chi connectivity index (χ1) is 9.47. The molecule has 0 amide bonds. The van der Waals surface area contributed by atoms with Gasteiger partial charge in [0.05, 0.1) is 22.8 Å². The summed E-state index contributed by atoms with van der Waals surface area (Å²) in [6.07, 6.45) is 1.77. The zero-order valence-corrected chi connectivity index (χ0v) is 13.0. The van der Waals surface area contributed by atoms with Gasteiger partial charge in [-0.3, -0.25) is 0 Å². The first-order valence-electron chi connectivity index (χ1n) is 6.08. The molecule has 1 aliphatic rings. The molecule has 1 saturated heterocycles. The van der Waals surface area contributed by atoms with Crippen molar-refractivity contribution >= 4 is 36.2 Å². The summed E-state index contributed by atoms with van der Waals surface area (Å²) in [5.41, 5.74) is 0.462. The van der Waals surface area contributed by atoms with Crippen LogP contribution in [0.1, 0.15) is 17.9 Å². The predicted octanol–water partition coefficient (Wildman–Crippen LogP) is 1.93. The van der Waals surface area contributed by atoms with E-state index in [1.807, 2.05) is 22.6 Å². The van der Waals surface area contributed by atoms with Crippen molar-refractivity contribution in [1.82, 2.24) is 9.79 Å². The Kier molecular flexibility index (Phi) is 4.95. The molecule has 1 aliphatic heterocycles. The maximum Gasteiger partial charge on any atom is 0.293 e. The number of aromatic nitrogens is 1. The number of pyridine rings is 1. The van der Waals surface area contributed by atoms with Gasteiger partial charge in [-0.25, -0.2) is 13.8 Å². The summed E-state index contributed by atoms with van der Waals surface area (Å²) in [7, 11) is 2.80. The number of ether oxygens (including phenoxy) is 1. The van der Waals surface area contributed by atoms with Crippen LogP contribution in [0.15, 0.2) is 12.3 Å². The van der Waals surface area contributed by atoms with E-state index in [1.165, 1.54) is 20.7 Å². The highest BCUT2D eigenvalue weighted by molar-refractivity contribution is 14.1.